The summed E-state index contributed by atoms with van der Waals surface area (Å²) < 4.78 is 0. The molecule has 1 heterocycles. The zero-order chi connectivity index (χ0) is 18.7. The van der Waals surface area contributed by atoms with Gasteiger partial charge in [-0.05, 0) is 24.7 Å². The summed E-state index contributed by atoms with van der Waals surface area (Å²) in [5.41, 5.74) is 3.40. The van der Waals surface area contributed by atoms with Crippen molar-refractivity contribution in [3.63, 3.8) is 0 Å². The van der Waals surface area contributed by atoms with E-state index in [2.05, 4.69) is 27.4 Å². The van der Waals surface area contributed by atoms with Gasteiger partial charge in [-0.15, -0.1) is 0 Å². The Balaban J connectivity index is 0.000000377. The van der Waals surface area contributed by atoms with Crippen molar-refractivity contribution in [2.45, 2.75) is 6.54 Å². The van der Waals surface area contributed by atoms with Crippen LogP contribution in [-0.2, 0) is 25.7 Å². The average Bonchev–Trinajstić information content (AvgIpc) is 2.96. The second-order valence-corrected chi connectivity index (χ2v) is 4.00. The van der Waals surface area contributed by atoms with E-state index in [1.807, 2.05) is 13.1 Å². The highest BCUT2D eigenvalue weighted by atomic mass is 16.4. The Hall–Kier alpha value is -3.47. The van der Waals surface area contributed by atoms with Crippen LogP contribution in [0, 0.1) is 0 Å². The van der Waals surface area contributed by atoms with Crippen LogP contribution in [0.25, 0.3) is 11.0 Å². The number of hydrogen-bond donors (Lipinski definition) is 6. The molecule has 11 heteroatoms. The van der Waals surface area contributed by atoms with E-state index >= 15 is 0 Å². The first kappa shape index (κ1) is 20.5. The summed E-state index contributed by atoms with van der Waals surface area (Å²) in [5, 5.41) is 32.7. The lowest BCUT2D eigenvalue weighted by molar-refractivity contribution is -0.159. The summed E-state index contributed by atoms with van der Waals surface area (Å²) in [6.45, 7) is 0.898. The van der Waals surface area contributed by atoms with Gasteiger partial charge in [-0.2, -0.15) is 0 Å². The number of carbonyl (C=O) groups is 4. The van der Waals surface area contributed by atoms with E-state index < -0.39 is 23.9 Å². The smallest absolute Gasteiger partial charge is 0.414 e. The number of imidazole rings is 1. The van der Waals surface area contributed by atoms with Crippen molar-refractivity contribution >= 4 is 34.9 Å². The summed E-state index contributed by atoms with van der Waals surface area (Å²) in [6.07, 6.45) is 1.72. The maximum atomic E-state index is 9.10. The molecule has 2 rings (SSSR count). The van der Waals surface area contributed by atoms with Gasteiger partial charge in [-0.3, -0.25) is 0 Å². The normalized spacial score (nSPS) is 9.04. The number of nitrogens with one attached hydrogen (secondary N) is 2. The molecule has 2 aromatic rings. The van der Waals surface area contributed by atoms with E-state index in [0.29, 0.717) is 0 Å². The molecule has 0 aliphatic rings. The van der Waals surface area contributed by atoms with Crippen LogP contribution < -0.4 is 5.32 Å². The van der Waals surface area contributed by atoms with E-state index in [0.717, 1.165) is 17.6 Å². The highest BCUT2D eigenvalue weighted by Gasteiger charge is 2.04. The fourth-order valence-corrected chi connectivity index (χ4v) is 1.30. The SMILES string of the molecule is CNCc1ccc2nc[nH]c2c1.O=C(O)C(=O)O.O=C(O)C(=O)O. The molecule has 130 valence electrons. The molecule has 11 nitrogen and oxygen atoms in total. The minimum atomic E-state index is -1.82. The van der Waals surface area contributed by atoms with Gasteiger partial charge < -0.3 is 30.7 Å². The van der Waals surface area contributed by atoms with Crippen molar-refractivity contribution in [3.05, 3.63) is 30.1 Å². The summed E-state index contributed by atoms with van der Waals surface area (Å²) in [5.74, 6) is -7.30. The number of fused-ring (bicyclic) bond motifs is 1. The Bertz CT molecular complexity index is 677. The third-order valence-electron chi connectivity index (χ3n) is 2.23. The number of aromatic amines is 1. The lowest BCUT2D eigenvalue weighted by atomic mass is 10.2. The maximum absolute atomic E-state index is 9.10. The molecule has 0 amide bonds. The van der Waals surface area contributed by atoms with Crippen LogP contribution in [-0.4, -0.2) is 61.3 Å². The fraction of sp³-hybridized carbons (Fsp3) is 0.154. The first-order chi connectivity index (χ1) is 11.2. The summed E-state index contributed by atoms with van der Waals surface area (Å²) in [7, 11) is 1.94. The number of rotatable bonds is 2. The summed E-state index contributed by atoms with van der Waals surface area (Å²) in [6, 6.07) is 6.22. The molecule has 0 spiro atoms. The summed E-state index contributed by atoms with van der Waals surface area (Å²) in [4.78, 5) is 43.6. The van der Waals surface area contributed by atoms with Crippen LogP contribution in [0.2, 0.25) is 0 Å². The largest absolute Gasteiger partial charge is 0.473 e. The molecule has 0 saturated carbocycles. The molecule has 0 atom stereocenters. The molecule has 24 heavy (non-hydrogen) atoms. The Kier molecular flexibility index (Phi) is 8.80. The van der Waals surface area contributed by atoms with Gasteiger partial charge in [0.05, 0.1) is 17.4 Å². The molecule has 6 N–H and O–H groups in total. The molecule has 0 aliphatic carbocycles. The number of benzene rings is 1. The van der Waals surface area contributed by atoms with Crippen LogP contribution in [0.15, 0.2) is 24.5 Å². The van der Waals surface area contributed by atoms with E-state index in [4.69, 9.17) is 39.6 Å². The van der Waals surface area contributed by atoms with Crippen molar-refractivity contribution < 1.29 is 39.6 Å². The molecule has 1 aromatic heterocycles. The van der Waals surface area contributed by atoms with E-state index in [9.17, 15) is 0 Å². The zero-order valence-corrected chi connectivity index (χ0v) is 12.4. The standard InChI is InChI=1S/C9H11N3.2C2H2O4/c1-10-5-7-2-3-8-9(4-7)12-6-11-8;2*3-1(4)2(5)6/h2-4,6,10H,5H2,1H3,(H,11,12);2*(H,3,4)(H,5,6). The Morgan fingerprint density at radius 1 is 1.00 bits per heavy atom. The number of nitrogens with zero attached hydrogens (tertiary/aromatic N) is 1. The molecule has 0 bridgehead atoms. The van der Waals surface area contributed by atoms with Crippen LogP contribution >= 0.6 is 0 Å². The molecule has 0 radical (unpaired) electrons. The Morgan fingerprint density at radius 3 is 1.92 bits per heavy atom. The minimum Gasteiger partial charge on any atom is -0.473 e. The highest BCUT2D eigenvalue weighted by Crippen LogP contribution is 2.10. The lowest BCUT2D eigenvalue weighted by Gasteiger charge is -1.98. The third-order valence-corrected chi connectivity index (χ3v) is 2.23. The van der Waals surface area contributed by atoms with Crippen molar-refractivity contribution in [2.24, 2.45) is 0 Å². The molecule has 0 unspecified atom stereocenters. The molecule has 0 saturated heterocycles. The number of aliphatic carboxylic acids is 4. The second-order valence-electron chi connectivity index (χ2n) is 4.00. The average molecular weight is 341 g/mol. The lowest BCUT2D eigenvalue weighted by Crippen LogP contribution is -2.09. The number of H-pyrrole nitrogens is 1. The van der Waals surface area contributed by atoms with Crippen LogP contribution in [0.1, 0.15) is 5.56 Å². The fourth-order valence-electron chi connectivity index (χ4n) is 1.30. The zero-order valence-electron chi connectivity index (χ0n) is 12.4. The molecule has 1 aromatic carbocycles. The molecule has 0 fully saturated rings. The Morgan fingerprint density at radius 2 is 1.50 bits per heavy atom. The quantitative estimate of drug-likeness (QED) is 0.391. The van der Waals surface area contributed by atoms with Crippen molar-refractivity contribution in [1.82, 2.24) is 15.3 Å². The number of hydrogen-bond acceptors (Lipinski definition) is 6. The van der Waals surface area contributed by atoms with Crippen LogP contribution in [0.3, 0.4) is 0 Å². The van der Waals surface area contributed by atoms with E-state index in [-0.39, 0.29) is 0 Å². The second kappa shape index (κ2) is 10.3. The number of aromatic nitrogens is 2. The predicted molar refractivity (Wildman–Crippen MR) is 79.4 cm³/mol. The van der Waals surface area contributed by atoms with Gasteiger partial charge in [-0.1, -0.05) is 6.07 Å². The van der Waals surface area contributed by atoms with Gasteiger partial charge in [0.2, 0.25) is 0 Å². The van der Waals surface area contributed by atoms with Gasteiger partial charge in [0, 0.05) is 6.54 Å². The van der Waals surface area contributed by atoms with Gasteiger partial charge in [0.25, 0.3) is 0 Å². The predicted octanol–water partition coefficient (Wildman–Crippen LogP) is -0.406. The van der Waals surface area contributed by atoms with E-state index in [1.165, 1.54) is 5.56 Å². The monoisotopic (exact) mass is 341 g/mol. The van der Waals surface area contributed by atoms with Crippen LogP contribution in [0.5, 0.6) is 0 Å². The van der Waals surface area contributed by atoms with Crippen molar-refractivity contribution in [2.75, 3.05) is 7.05 Å². The Labute approximate surface area is 134 Å². The maximum Gasteiger partial charge on any atom is 0.414 e. The van der Waals surface area contributed by atoms with Gasteiger partial charge in [0.1, 0.15) is 0 Å². The van der Waals surface area contributed by atoms with Gasteiger partial charge in [0.15, 0.2) is 0 Å². The first-order valence-corrected chi connectivity index (χ1v) is 6.18. The third kappa shape index (κ3) is 8.09. The minimum absolute atomic E-state index is 0.898. The summed E-state index contributed by atoms with van der Waals surface area (Å²) >= 11 is 0. The molecular weight excluding hydrogens is 326 g/mol. The van der Waals surface area contributed by atoms with Crippen molar-refractivity contribution in [1.29, 1.82) is 0 Å². The van der Waals surface area contributed by atoms with Gasteiger partial charge >= 0.3 is 23.9 Å². The topological polar surface area (TPSA) is 190 Å². The highest BCUT2D eigenvalue weighted by molar-refractivity contribution is 6.27. The van der Waals surface area contributed by atoms with Crippen molar-refractivity contribution in [3.8, 4) is 0 Å². The number of carboxylic acid groups (broad SMARTS) is 4. The molecule has 0 aliphatic heterocycles. The number of carboxylic acids is 4. The van der Waals surface area contributed by atoms with Crippen LogP contribution in [0.4, 0.5) is 0 Å². The first-order valence-electron chi connectivity index (χ1n) is 6.18. The van der Waals surface area contributed by atoms with Gasteiger partial charge in [-0.25, -0.2) is 24.2 Å². The van der Waals surface area contributed by atoms with E-state index in [1.54, 1.807) is 6.33 Å². The molecular formula is C13H15N3O8.